The monoisotopic (exact) mass is 351 g/mol. The third kappa shape index (κ3) is 4.02. The summed E-state index contributed by atoms with van der Waals surface area (Å²) in [5.41, 5.74) is 2.56. The number of benzene rings is 1. The Bertz CT molecular complexity index is 857. The molecule has 2 heterocycles. The quantitative estimate of drug-likeness (QED) is 0.763. The van der Waals surface area contributed by atoms with E-state index in [1.807, 2.05) is 6.92 Å². The van der Waals surface area contributed by atoms with Crippen LogP contribution in [-0.4, -0.2) is 25.5 Å². The maximum atomic E-state index is 12.5. The zero-order valence-corrected chi connectivity index (χ0v) is 15.7. The standard InChI is InChI=1S/C20H25N5O/c1-15(24-13-5-11-21-24)19(26)23-18-10-12-22-25(18)14-16-6-8-17(9-7-16)20(2,3)4/h5-13,15H,14H2,1-4H3,(H,23,26). The minimum absolute atomic E-state index is 0.126. The van der Waals surface area contributed by atoms with Crippen LogP contribution in [0.15, 0.2) is 55.0 Å². The highest BCUT2D eigenvalue weighted by Crippen LogP contribution is 2.22. The van der Waals surface area contributed by atoms with Crippen LogP contribution in [0.3, 0.4) is 0 Å². The number of nitrogens with one attached hydrogen (secondary N) is 1. The van der Waals surface area contributed by atoms with E-state index in [4.69, 9.17) is 0 Å². The summed E-state index contributed by atoms with van der Waals surface area (Å²) in [6, 6.07) is 11.7. The maximum Gasteiger partial charge on any atom is 0.250 e. The average molecular weight is 351 g/mol. The third-order valence-corrected chi connectivity index (χ3v) is 4.42. The zero-order valence-electron chi connectivity index (χ0n) is 15.7. The van der Waals surface area contributed by atoms with Crippen LogP contribution in [0, 0.1) is 0 Å². The summed E-state index contributed by atoms with van der Waals surface area (Å²) >= 11 is 0. The van der Waals surface area contributed by atoms with Crippen LogP contribution in [0.5, 0.6) is 0 Å². The van der Waals surface area contributed by atoms with E-state index in [2.05, 4.69) is 60.6 Å². The lowest BCUT2D eigenvalue weighted by atomic mass is 9.87. The molecule has 1 atom stereocenters. The topological polar surface area (TPSA) is 64.7 Å². The largest absolute Gasteiger partial charge is 0.309 e. The Morgan fingerprint density at radius 2 is 1.85 bits per heavy atom. The molecule has 0 fully saturated rings. The molecule has 0 radical (unpaired) electrons. The predicted octanol–water partition coefficient (Wildman–Crippen LogP) is 3.63. The van der Waals surface area contributed by atoms with Crippen molar-refractivity contribution in [3.8, 4) is 0 Å². The second kappa shape index (κ2) is 7.15. The maximum absolute atomic E-state index is 12.5. The first-order valence-corrected chi connectivity index (χ1v) is 8.76. The molecule has 6 nitrogen and oxygen atoms in total. The molecule has 0 saturated heterocycles. The number of carbonyl (C=O) groups is 1. The fraction of sp³-hybridized carbons (Fsp3) is 0.350. The van der Waals surface area contributed by atoms with Crippen LogP contribution in [0.25, 0.3) is 0 Å². The van der Waals surface area contributed by atoms with Gasteiger partial charge in [0.2, 0.25) is 5.91 Å². The Morgan fingerprint density at radius 1 is 1.12 bits per heavy atom. The molecule has 0 bridgehead atoms. The smallest absolute Gasteiger partial charge is 0.250 e. The first-order valence-electron chi connectivity index (χ1n) is 8.76. The van der Waals surface area contributed by atoms with E-state index in [-0.39, 0.29) is 17.4 Å². The van der Waals surface area contributed by atoms with Gasteiger partial charge in [-0.1, -0.05) is 45.0 Å². The Labute approximate surface area is 153 Å². The fourth-order valence-corrected chi connectivity index (χ4v) is 2.71. The van der Waals surface area contributed by atoms with Crippen molar-refractivity contribution in [2.24, 2.45) is 0 Å². The minimum Gasteiger partial charge on any atom is -0.309 e. The van der Waals surface area contributed by atoms with Crippen LogP contribution < -0.4 is 5.32 Å². The molecule has 0 aliphatic rings. The molecule has 3 rings (SSSR count). The summed E-state index contributed by atoms with van der Waals surface area (Å²) in [6.45, 7) is 9.01. The van der Waals surface area contributed by atoms with Gasteiger partial charge < -0.3 is 5.32 Å². The van der Waals surface area contributed by atoms with Crippen molar-refractivity contribution in [1.82, 2.24) is 19.6 Å². The molecule has 1 amide bonds. The van der Waals surface area contributed by atoms with Gasteiger partial charge in [-0.05, 0) is 29.5 Å². The van der Waals surface area contributed by atoms with Gasteiger partial charge in [0, 0.05) is 18.5 Å². The molecule has 1 N–H and O–H groups in total. The van der Waals surface area contributed by atoms with Crippen LogP contribution in [0.4, 0.5) is 5.82 Å². The van der Waals surface area contributed by atoms with Gasteiger partial charge in [0.25, 0.3) is 0 Å². The summed E-state index contributed by atoms with van der Waals surface area (Å²) in [7, 11) is 0. The van der Waals surface area contributed by atoms with Crippen molar-refractivity contribution in [2.75, 3.05) is 5.32 Å². The highest BCUT2D eigenvalue weighted by Gasteiger charge is 2.17. The molecule has 1 aromatic carbocycles. The molecule has 136 valence electrons. The van der Waals surface area contributed by atoms with Crippen molar-refractivity contribution < 1.29 is 4.79 Å². The second-order valence-corrected chi connectivity index (χ2v) is 7.47. The number of nitrogens with zero attached hydrogens (tertiary/aromatic N) is 4. The lowest BCUT2D eigenvalue weighted by molar-refractivity contribution is -0.119. The molecular weight excluding hydrogens is 326 g/mol. The van der Waals surface area contributed by atoms with Crippen LogP contribution in [-0.2, 0) is 16.8 Å². The Balaban J connectivity index is 1.70. The van der Waals surface area contributed by atoms with Gasteiger partial charge >= 0.3 is 0 Å². The van der Waals surface area contributed by atoms with Gasteiger partial charge in [-0.3, -0.25) is 9.48 Å². The van der Waals surface area contributed by atoms with E-state index < -0.39 is 0 Å². The van der Waals surface area contributed by atoms with E-state index in [1.54, 1.807) is 40.1 Å². The van der Waals surface area contributed by atoms with Gasteiger partial charge in [-0.25, -0.2) is 4.68 Å². The average Bonchev–Trinajstić information content (AvgIpc) is 3.26. The molecule has 0 aliphatic heterocycles. The van der Waals surface area contributed by atoms with Gasteiger partial charge in [-0.2, -0.15) is 10.2 Å². The van der Waals surface area contributed by atoms with Gasteiger partial charge in [-0.15, -0.1) is 0 Å². The molecule has 26 heavy (non-hydrogen) atoms. The first kappa shape index (κ1) is 17.9. The molecule has 6 heteroatoms. The number of anilines is 1. The Kier molecular flexibility index (Phi) is 4.93. The van der Waals surface area contributed by atoms with E-state index in [9.17, 15) is 4.79 Å². The number of rotatable bonds is 5. The van der Waals surface area contributed by atoms with Crippen LogP contribution in [0.2, 0.25) is 0 Å². The fourth-order valence-electron chi connectivity index (χ4n) is 2.71. The van der Waals surface area contributed by atoms with Gasteiger partial charge in [0.05, 0.1) is 12.7 Å². The van der Waals surface area contributed by atoms with E-state index >= 15 is 0 Å². The second-order valence-electron chi connectivity index (χ2n) is 7.47. The lowest BCUT2D eigenvalue weighted by Crippen LogP contribution is -2.25. The predicted molar refractivity (Wildman–Crippen MR) is 102 cm³/mol. The Morgan fingerprint density at radius 3 is 2.46 bits per heavy atom. The highest BCUT2D eigenvalue weighted by molar-refractivity contribution is 5.92. The summed E-state index contributed by atoms with van der Waals surface area (Å²) < 4.78 is 3.42. The third-order valence-electron chi connectivity index (χ3n) is 4.42. The Hall–Kier alpha value is -2.89. The highest BCUT2D eigenvalue weighted by atomic mass is 16.2. The molecule has 3 aromatic rings. The molecule has 0 aliphatic carbocycles. The summed E-state index contributed by atoms with van der Waals surface area (Å²) in [5, 5.41) is 11.4. The number of carbonyl (C=O) groups excluding carboxylic acids is 1. The van der Waals surface area contributed by atoms with Crippen LogP contribution >= 0.6 is 0 Å². The molecular formula is C20H25N5O. The number of hydrogen-bond acceptors (Lipinski definition) is 3. The van der Waals surface area contributed by atoms with Crippen molar-refractivity contribution >= 4 is 11.7 Å². The van der Waals surface area contributed by atoms with Crippen LogP contribution in [0.1, 0.15) is 44.9 Å². The van der Waals surface area contributed by atoms with Gasteiger partial charge in [0.1, 0.15) is 11.9 Å². The molecule has 1 unspecified atom stereocenters. The number of aromatic nitrogens is 4. The minimum atomic E-state index is -0.389. The first-order chi connectivity index (χ1) is 12.3. The van der Waals surface area contributed by atoms with E-state index in [0.717, 1.165) is 5.56 Å². The lowest BCUT2D eigenvalue weighted by Gasteiger charge is -2.19. The van der Waals surface area contributed by atoms with Crippen molar-refractivity contribution in [2.45, 2.75) is 45.7 Å². The SMILES string of the molecule is CC(C(=O)Nc1ccnn1Cc1ccc(C(C)(C)C)cc1)n1cccn1. The van der Waals surface area contributed by atoms with Crippen molar-refractivity contribution in [1.29, 1.82) is 0 Å². The number of amides is 1. The summed E-state index contributed by atoms with van der Waals surface area (Å²) in [4.78, 5) is 12.5. The van der Waals surface area contributed by atoms with Crippen molar-refractivity contribution in [3.05, 3.63) is 66.1 Å². The van der Waals surface area contributed by atoms with E-state index in [0.29, 0.717) is 12.4 Å². The van der Waals surface area contributed by atoms with E-state index in [1.165, 1.54) is 5.56 Å². The normalized spacial score (nSPS) is 12.8. The van der Waals surface area contributed by atoms with Crippen molar-refractivity contribution in [3.63, 3.8) is 0 Å². The van der Waals surface area contributed by atoms with Gasteiger partial charge in [0.15, 0.2) is 0 Å². The molecule has 2 aromatic heterocycles. The zero-order chi connectivity index (χ0) is 18.7. The summed E-state index contributed by atoms with van der Waals surface area (Å²) in [5.74, 6) is 0.549. The molecule has 0 spiro atoms. The number of hydrogen-bond donors (Lipinski definition) is 1. The molecule has 0 saturated carbocycles. The summed E-state index contributed by atoms with van der Waals surface area (Å²) in [6.07, 6.45) is 5.13.